The second-order valence-corrected chi connectivity index (χ2v) is 17.1. The highest BCUT2D eigenvalue weighted by atomic mass is 32.2. The van der Waals surface area contributed by atoms with E-state index >= 15 is 0 Å². The molecule has 0 saturated carbocycles. The maximum absolute atomic E-state index is 14.2. The van der Waals surface area contributed by atoms with Crippen molar-refractivity contribution in [3.05, 3.63) is 115 Å². The number of pyridine rings is 1. The summed E-state index contributed by atoms with van der Waals surface area (Å²) in [5.41, 5.74) is 1.65. The Labute approximate surface area is 350 Å². The van der Waals surface area contributed by atoms with Crippen molar-refractivity contribution in [2.45, 2.75) is 83.0 Å². The molecule has 4 N–H and O–H groups in total. The first-order chi connectivity index (χ1) is 28.5. The minimum absolute atomic E-state index is 0.0842. The number of fused-ring (bicyclic) bond motifs is 1. The Bertz CT molecular complexity index is 2400. The number of carbonyl (C=O) groups is 4. The monoisotopic (exact) mass is 837 g/mol. The molecular weight excluding hydrogens is 787 g/mol. The highest BCUT2D eigenvalue weighted by Gasteiger charge is 2.33. The number of nitrogens with zero attached hydrogens (tertiary/aromatic N) is 1. The Hall–Kier alpha value is -6.48. The zero-order valence-corrected chi connectivity index (χ0v) is 35.5. The lowest BCUT2D eigenvalue weighted by Gasteiger charge is -2.28. The lowest BCUT2D eigenvalue weighted by Crippen LogP contribution is -2.55. The molecule has 15 heteroatoms. The lowest BCUT2D eigenvalue weighted by molar-refractivity contribution is -0.132. The van der Waals surface area contributed by atoms with Crippen LogP contribution in [0.3, 0.4) is 0 Å². The van der Waals surface area contributed by atoms with Crippen LogP contribution in [0.2, 0.25) is 0 Å². The first-order valence-electron chi connectivity index (χ1n) is 19.5. The van der Waals surface area contributed by atoms with Gasteiger partial charge in [0.15, 0.2) is 0 Å². The van der Waals surface area contributed by atoms with Crippen LogP contribution in [0.5, 0.6) is 17.2 Å². The van der Waals surface area contributed by atoms with Crippen LogP contribution in [0.4, 0.5) is 4.79 Å². The van der Waals surface area contributed by atoms with Crippen molar-refractivity contribution in [3.8, 4) is 28.5 Å². The average molecular weight is 838 g/mol. The van der Waals surface area contributed by atoms with Crippen molar-refractivity contribution in [3.63, 3.8) is 0 Å². The Morgan fingerprint density at radius 1 is 0.750 bits per heavy atom. The number of methoxy groups -OCH3 is 1. The first kappa shape index (κ1) is 44.6. The van der Waals surface area contributed by atoms with Gasteiger partial charge in [0.2, 0.25) is 11.8 Å². The van der Waals surface area contributed by atoms with E-state index in [1.54, 1.807) is 85.1 Å². The summed E-state index contributed by atoms with van der Waals surface area (Å²) in [6.07, 6.45) is -0.332. The minimum atomic E-state index is -4.26. The highest BCUT2D eigenvalue weighted by molar-refractivity contribution is 7.90. The summed E-state index contributed by atoms with van der Waals surface area (Å²) in [5.74, 6) is -1.37. The van der Waals surface area contributed by atoms with Crippen molar-refractivity contribution in [2.24, 2.45) is 5.92 Å². The van der Waals surface area contributed by atoms with Gasteiger partial charge in [0.1, 0.15) is 41.0 Å². The van der Waals surface area contributed by atoms with Crippen molar-refractivity contribution >= 4 is 44.7 Å². The minimum Gasteiger partial charge on any atom is -0.497 e. The zero-order valence-electron chi connectivity index (χ0n) is 34.6. The van der Waals surface area contributed by atoms with Gasteiger partial charge in [0.05, 0.1) is 23.2 Å². The Kier molecular flexibility index (Phi) is 14.5. The van der Waals surface area contributed by atoms with Crippen LogP contribution in [-0.4, -0.2) is 62.0 Å². The van der Waals surface area contributed by atoms with Gasteiger partial charge in [-0.1, -0.05) is 87.9 Å². The molecule has 0 bridgehead atoms. The molecule has 316 valence electrons. The second kappa shape index (κ2) is 19.5. The van der Waals surface area contributed by atoms with E-state index in [1.807, 2.05) is 48.5 Å². The highest BCUT2D eigenvalue weighted by Crippen LogP contribution is 2.35. The Balaban J connectivity index is 1.47. The van der Waals surface area contributed by atoms with Crippen LogP contribution >= 0.6 is 0 Å². The Morgan fingerprint density at radius 3 is 1.98 bits per heavy atom. The van der Waals surface area contributed by atoms with Crippen LogP contribution in [0.15, 0.2) is 114 Å². The molecule has 0 radical (unpaired) electrons. The van der Waals surface area contributed by atoms with Gasteiger partial charge in [-0.05, 0) is 75.1 Å². The topological polar surface area (TPSA) is 191 Å². The molecule has 3 atom stereocenters. The number of benzene rings is 4. The number of hydrogen-bond acceptors (Lipinski definition) is 10. The van der Waals surface area contributed by atoms with E-state index in [1.165, 1.54) is 24.3 Å². The smallest absolute Gasteiger partial charge is 0.408 e. The van der Waals surface area contributed by atoms with Gasteiger partial charge in [-0.15, -0.1) is 0 Å². The number of sulfonamides is 1. The summed E-state index contributed by atoms with van der Waals surface area (Å²) in [6, 6.07) is 26.9. The molecule has 0 aliphatic carbocycles. The molecule has 4 amide bonds. The van der Waals surface area contributed by atoms with Gasteiger partial charge in [0.25, 0.3) is 15.9 Å². The van der Waals surface area contributed by atoms with Crippen molar-refractivity contribution < 1.29 is 41.8 Å². The summed E-state index contributed by atoms with van der Waals surface area (Å²) >= 11 is 0. The normalized spacial score (nSPS) is 13.1. The molecule has 0 saturated heterocycles. The van der Waals surface area contributed by atoms with Gasteiger partial charge < -0.3 is 30.2 Å². The van der Waals surface area contributed by atoms with Gasteiger partial charge in [-0.2, -0.15) is 0 Å². The van der Waals surface area contributed by atoms with Gasteiger partial charge in [-0.3, -0.25) is 14.4 Å². The number of nitrogens with one attached hydrogen (secondary N) is 4. The number of alkyl carbamates (subject to hydrolysis) is 1. The number of hydrogen-bond donors (Lipinski definition) is 4. The Morgan fingerprint density at radius 2 is 1.38 bits per heavy atom. The molecule has 60 heavy (non-hydrogen) atoms. The second-order valence-electron chi connectivity index (χ2n) is 15.4. The maximum atomic E-state index is 14.2. The van der Waals surface area contributed by atoms with Gasteiger partial charge in [0, 0.05) is 23.1 Å². The average Bonchev–Trinajstić information content (AvgIpc) is 3.21. The van der Waals surface area contributed by atoms with E-state index in [0.29, 0.717) is 40.4 Å². The maximum Gasteiger partial charge on any atom is 0.408 e. The van der Waals surface area contributed by atoms with Crippen LogP contribution in [0.25, 0.3) is 22.2 Å². The number of rotatable bonds is 16. The summed E-state index contributed by atoms with van der Waals surface area (Å²) in [7, 11) is -2.68. The van der Waals surface area contributed by atoms with Crippen molar-refractivity contribution in [2.75, 3.05) is 7.11 Å². The largest absolute Gasteiger partial charge is 0.497 e. The third-order valence-electron chi connectivity index (χ3n) is 9.16. The SMILES string of the molecule is CCC[C@H](NC(=O)[C@@H](NC(=O)[C@@H](NC(=O)OC(C)(C)C)C(C)C)c1ccc(Oc2cc(-c3ccccc3)nc3cc(OC)ccc23)cc1)C(=O)NS(=O)(=O)c1ccccc1. The van der Waals surface area contributed by atoms with Crippen LogP contribution in [0.1, 0.15) is 66.0 Å². The zero-order chi connectivity index (χ0) is 43.6. The van der Waals surface area contributed by atoms with E-state index in [9.17, 15) is 27.6 Å². The van der Waals surface area contributed by atoms with E-state index in [0.717, 1.165) is 10.9 Å². The molecular formula is C45H51N5O9S. The molecule has 0 aliphatic heterocycles. The van der Waals surface area contributed by atoms with E-state index < -0.39 is 63.5 Å². The van der Waals surface area contributed by atoms with Crippen LogP contribution in [0, 0.1) is 5.92 Å². The van der Waals surface area contributed by atoms with E-state index in [4.69, 9.17) is 19.2 Å². The van der Waals surface area contributed by atoms with E-state index in [2.05, 4.69) is 20.7 Å². The molecule has 0 unspecified atom stereocenters. The fraction of sp³-hybridized carbons (Fsp3) is 0.311. The third kappa shape index (κ3) is 11.8. The molecule has 5 aromatic rings. The summed E-state index contributed by atoms with van der Waals surface area (Å²) < 4.78 is 45.4. The number of carbonyl (C=O) groups excluding carboxylic acids is 4. The van der Waals surface area contributed by atoms with E-state index in [-0.39, 0.29) is 11.3 Å². The predicted molar refractivity (Wildman–Crippen MR) is 228 cm³/mol. The summed E-state index contributed by atoms with van der Waals surface area (Å²) in [4.78, 5) is 59.1. The number of aromatic nitrogens is 1. The molecule has 0 aliphatic rings. The fourth-order valence-corrected chi connectivity index (χ4v) is 7.22. The standard InChI is InChI=1S/C45H51N5O9S/c1-8-15-35(41(51)50-60(55,56)33-18-13-10-14-19-33)47-43(53)40(48-42(52)39(28(2)3)49-44(54)59-45(4,5)6)30-20-22-31(23-21-30)58-38-27-36(29-16-11-9-12-17-29)46-37-26-32(57-7)24-25-34(37)38/h9-14,16-28,35,39-40H,8,15H2,1-7H3,(H,47,53)(H,48,52)(H,49,54)(H,50,51)/t35-,39-,40-/m0/s1. The third-order valence-corrected chi connectivity index (χ3v) is 10.5. The first-order valence-corrected chi connectivity index (χ1v) is 21.0. The summed E-state index contributed by atoms with van der Waals surface area (Å²) in [5, 5.41) is 8.70. The molecule has 4 aromatic carbocycles. The van der Waals surface area contributed by atoms with Crippen LogP contribution < -0.4 is 30.1 Å². The number of amides is 4. The molecule has 1 heterocycles. The number of ether oxygens (including phenoxy) is 3. The molecule has 0 fully saturated rings. The fourth-order valence-electron chi connectivity index (χ4n) is 6.18. The molecule has 5 rings (SSSR count). The van der Waals surface area contributed by atoms with Gasteiger partial charge >= 0.3 is 6.09 Å². The molecule has 1 aromatic heterocycles. The molecule has 14 nitrogen and oxygen atoms in total. The van der Waals surface area contributed by atoms with Gasteiger partial charge in [-0.25, -0.2) is 22.9 Å². The van der Waals surface area contributed by atoms with Crippen molar-refractivity contribution in [1.29, 1.82) is 0 Å². The predicted octanol–water partition coefficient (Wildman–Crippen LogP) is 7.20. The molecule has 0 spiro atoms. The summed E-state index contributed by atoms with van der Waals surface area (Å²) in [6.45, 7) is 10.3. The quantitative estimate of drug-likeness (QED) is 0.0791. The van der Waals surface area contributed by atoms with Crippen molar-refractivity contribution in [1.82, 2.24) is 25.7 Å². The van der Waals surface area contributed by atoms with Crippen LogP contribution in [-0.2, 0) is 29.1 Å². The lowest BCUT2D eigenvalue weighted by atomic mass is 10.0.